The Balaban J connectivity index is 1.96. The summed E-state index contributed by atoms with van der Waals surface area (Å²) < 4.78 is 5.42. The highest BCUT2D eigenvalue weighted by Crippen LogP contribution is 2.44. The fourth-order valence-corrected chi connectivity index (χ4v) is 3.29. The molecule has 108 valence electrons. The van der Waals surface area contributed by atoms with Crippen molar-refractivity contribution in [2.24, 2.45) is 11.3 Å². The van der Waals surface area contributed by atoms with Gasteiger partial charge in [0.2, 0.25) is 0 Å². The van der Waals surface area contributed by atoms with Gasteiger partial charge in [0.05, 0.1) is 0 Å². The Hall–Kier alpha value is -1.06. The van der Waals surface area contributed by atoms with Crippen LogP contribution in [0.15, 0.2) is 0 Å². The minimum atomic E-state index is -0.442. The van der Waals surface area contributed by atoms with Gasteiger partial charge in [-0.2, -0.15) is 0 Å². The molecule has 1 aliphatic carbocycles. The largest absolute Gasteiger partial charge is 0.444 e. The lowest BCUT2D eigenvalue weighted by atomic mass is 9.69. The molecule has 2 fully saturated rings. The van der Waals surface area contributed by atoms with Crippen LogP contribution in [0.1, 0.15) is 53.4 Å². The summed E-state index contributed by atoms with van der Waals surface area (Å²) in [6.07, 6.45) is 3.31. The van der Waals surface area contributed by atoms with Crippen LogP contribution in [0.25, 0.3) is 0 Å². The molecule has 1 saturated heterocycles. The quantitative estimate of drug-likeness (QED) is 0.678. The van der Waals surface area contributed by atoms with E-state index in [2.05, 4.69) is 0 Å². The van der Waals surface area contributed by atoms with Crippen molar-refractivity contribution in [3.8, 4) is 0 Å². The van der Waals surface area contributed by atoms with Crippen LogP contribution >= 0.6 is 0 Å². The van der Waals surface area contributed by atoms with E-state index in [0.29, 0.717) is 12.2 Å². The van der Waals surface area contributed by atoms with E-state index in [0.717, 1.165) is 32.4 Å². The highest BCUT2D eigenvalue weighted by molar-refractivity contribution is 5.81. The SMILES string of the molecule is CC1CC2(CCC1=O)CCN(C(=O)OC(C)(C)C)C2. The lowest BCUT2D eigenvalue weighted by Gasteiger charge is -2.36. The number of likely N-dealkylation sites (tertiary alicyclic amines) is 1. The number of carbonyl (C=O) groups excluding carboxylic acids is 2. The fourth-order valence-electron chi connectivity index (χ4n) is 3.29. The summed E-state index contributed by atoms with van der Waals surface area (Å²) >= 11 is 0. The minimum absolute atomic E-state index is 0.146. The van der Waals surface area contributed by atoms with Crippen molar-refractivity contribution in [2.45, 2.75) is 59.0 Å². The molecule has 0 radical (unpaired) electrons. The number of hydrogen-bond donors (Lipinski definition) is 0. The van der Waals surface area contributed by atoms with Gasteiger partial charge in [-0.1, -0.05) is 6.92 Å². The highest BCUT2D eigenvalue weighted by Gasteiger charge is 2.45. The zero-order valence-electron chi connectivity index (χ0n) is 12.5. The molecule has 19 heavy (non-hydrogen) atoms. The number of Topliss-reactive ketones (excluding diaryl/α,β-unsaturated/α-hetero) is 1. The number of ketones is 1. The second-order valence-corrected chi connectivity index (χ2v) is 7.22. The molecule has 0 bridgehead atoms. The molecule has 2 rings (SSSR count). The average molecular weight is 267 g/mol. The van der Waals surface area contributed by atoms with Gasteiger partial charge >= 0.3 is 6.09 Å². The van der Waals surface area contributed by atoms with Gasteiger partial charge in [-0.25, -0.2) is 4.79 Å². The van der Waals surface area contributed by atoms with Gasteiger partial charge in [-0.15, -0.1) is 0 Å². The Morgan fingerprint density at radius 1 is 1.37 bits per heavy atom. The number of nitrogens with zero attached hydrogens (tertiary/aromatic N) is 1. The van der Waals surface area contributed by atoms with Gasteiger partial charge in [0, 0.05) is 25.4 Å². The van der Waals surface area contributed by atoms with E-state index in [1.165, 1.54) is 0 Å². The van der Waals surface area contributed by atoms with Gasteiger partial charge in [0.1, 0.15) is 11.4 Å². The number of rotatable bonds is 0. The summed E-state index contributed by atoms with van der Waals surface area (Å²) in [5, 5.41) is 0. The summed E-state index contributed by atoms with van der Waals surface area (Å²) in [4.78, 5) is 25.5. The fraction of sp³-hybridized carbons (Fsp3) is 0.867. The van der Waals surface area contributed by atoms with Crippen molar-refractivity contribution in [1.82, 2.24) is 4.90 Å². The molecule has 1 heterocycles. The third kappa shape index (κ3) is 3.28. The first-order valence-electron chi connectivity index (χ1n) is 7.21. The van der Waals surface area contributed by atoms with Crippen LogP contribution in [-0.4, -0.2) is 35.5 Å². The predicted octanol–water partition coefficient (Wildman–Crippen LogP) is 3.00. The summed E-state index contributed by atoms with van der Waals surface area (Å²) in [6.45, 7) is 9.18. The molecule has 1 amide bonds. The van der Waals surface area contributed by atoms with E-state index < -0.39 is 5.60 Å². The molecule has 2 unspecified atom stereocenters. The van der Waals surface area contributed by atoms with E-state index in [1.807, 2.05) is 32.6 Å². The van der Waals surface area contributed by atoms with Crippen molar-refractivity contribution in [1.29, 1.82) is 0 Å². The molecule has 4 nitrogen and oxygen atoms in total. The van der Waals surface area contributed by atoms with Crippen molar-refractivity contribution in [3.05, 3.63) is 0 Å². The standard InChI is InChI=1S/C15H25NO3/c1-11-9-15(6-5-12(11)17)7-8-16(10-15)13(18)19-14(2,3)4/h11H,5-10H2,1-4H3. The molecule has 1 spiro atoms. The van der Waals surface area contributed by atoms with E-state index in [-0.39, 0.29) is 17.4 Å². The van der Waals surface area contributed by atoms with Crippen LogP contribution in [-0.2, 0) is 9.53 Å². The molecular weight excluding hydrogens is 242 g/mol. The second kappa shape index (κ2) is 4.80. The lowest BCUT2D eigenvalue weighted by Crippen LogP contribution is -2.39. The Morgan fingerprint density at radius 2 is 2.05 bits per heavy atom. The Morgan fingerprint density at radius 3 is 2.63 bits per heavy atom. The smallest absolute Gasteiger partial charge is 0.410 e. The topological polar surface area (TPSA) is 46.6 Å². The molecule has 1 saturated carbocycles. The molecule has 4 heteroatoms. The zero-order chi connectivity index (χ0) is 14.3. The van der Waals surface area contributed by atoms with E-state index in [4.69, 9.17) is 4.74 Å². The Bertz CT molecular complexity index is 385. The molecule has 0 aromatic heterocycles. The normalized spacial score (nSPS) is 31.9. The molecular formula is C15H25NO3. The van der Waals surface area contributed by atoms with Crippen molar-refractivity contribution in [2.75, 3.05) is 13.1 Å². The molecule has 1 aliphatic heterocycles. The number of amides is 1. The van der Waals surface area contributed by atoms with Crippen LogP contribution in [0, 0.1) is 11.3 Å². The maximum Gasteiger partial charge on any atom is 0.410 e. The van der Waals surface area contributed by atoms with Gasteiger partial charge in [-0.3, -0.25) is 4.79 Å². The number of hydrogen-bond acceptors (Lipinski definition) is 3. The summed E-state index contributed by atoms with van der Waals surface area (Å²) in [5.41, 5.74) is -0.285. The van der Waals surface area contributed by atoms with Crippen LogP contribution in [0.2, 0.25) is 0 Å². The van der Waals surface area contributed by atoms with Crippen molar-refractivity contribution >= 4 is 11.9 Å². The van der Waals surface area contributed by atoms with E-state index in [1.54, 1.807) is 0 Å². The number of ether oxygens (including phenoxy) is 1. The highest BCUT2D eigenvalue weighted by atomic mass is 16.6. The Kier molecular flexibility index (Phi) is 3.63. The lowest BCUT2D eigenvalue weighted by molar-refractivity contribution is -0.126. The second-order valence-electron chi connectivity index (χ2n) is 7.22. The Labute approximate surface area is 115 Å². The van der Waals surface area contributed by atoms with Gasteiger partial charge in [0.15, 0.2) is 0 Å². The van der Waals surface area contributed by atoms with Gasteiger partial charge < -0.3 is 9.64 Å². The average Bonchev–Trinajstić information content (AvgIpc) is 2.66. The molecule has 2 aliphatic rings. The number of carbonyl (C=O) groups is 2. The summed E-state index contributed by atoms with van der Waals surface area (Å²) in [5.74, 6) is 0.522. The molecule has 0 N–H and O–H groups in total. The van der Waals surface area contributed by atoms with Gasteiger partial charge in [0.25, 0.3) is 0 Å². The summed E-state index contributed by atoms with van der Waals surface area (Å²) in [6, 6.07) is 0. The zero-order valence-corrected chi connectivity index (χ0v) is 12.5. The first-order chi connectivity index (χ1) is 8.71. The predicted molar refractivity (Wildman–Crippen MR) is 72.9 cm³/mol. The monoisotopic (exact) mass is 267 g/mol. The van der Waals surface area contributed by atoms with E-state index >= 15 is 0 Å². The third-order valence-electron chi connectivity index (χ3n) is 4.28. The first-order valence-corrected chi connectivity index (χ1v) is 7.21. The van der Waals surface area contributed by atoms with Crippen molar-refractivity contribution in [3.63, 3.8) is 0 Å². The maximum atomic E-state index is 12.1. The summed E-state index contributed by atoms with van der Waals surface area (Å²) in [7, 11) is 0. The molecule has 0 aromatic rings. The third-order valence-corrected chi connectivity index (χ3v) is 4.28. The van der Waals surface area contributed by atoms with E-state index in [9.17, 15) is 9.59 Å². The molecule has 0 aromatic carbocycles. The van der Waals surface area contributed by atoms with Crippen LogP contribution in [0.3, 0.4) is 0 Å². The minimum Gasteiger partial charge on any atom is -0.444 e. The molecule has 2 atom stereocenters. The first kappa shape index (κ1) is 14.4. The van der Waals surface area contributed by atoms with Crippen LogP contribution < -0.4 is 0 Å². The van der Waals surface area contributed by atoms with Crippen molar-refractivity contribution < 1.29 is 14.3 Å². The van der Waals surface area contributed by atoms with Crippen LogP contribution in [0.4, 0.5) is 4.79 Å². The van der Waals surface area contributed by atoms with Gasteiger partial charge in [-0.05, 0) is 45.4 Å². The van der Waals surface area contributed by atoms with Crippen LogP contribution in [0.5, 0.6) is 0 Å². The maximum absolute atomic E-state index is 12.1.